The fourth-order valence-electron chi connectivity index (χ4n) is 4.61. The molecule has 0 aromatic carbocycles. The number of alkyl halides is 3. The normalized spacial score (nSPS) is 24.5. The maximum absolute atomic E-state index is 13.0. The molecule has 4 rings (SSSR count). The van der Waals surface area contributed by atoms with Crippen LogP contribution in [0.2, 0.25) is 0 Å². The van der Waals surface area contributed by atoms with Gasteiger partial charge in [0.2, 0.25) is 5.82 Å². The average Bonchev–Trinajstić information content (AvgIpc) is 3.12. The smallest absolute Gasteiger partial charge is 0.330 e. The molecule has 0 bridgehead atoms. The molecule has 1 aliphatic heterocycles. The van der Waals surface area contributed by atoms with Crippen LogP contribution in [0, 0.1) is 6.92 Å². The van der Waals surface area contributed by atoms with Crippen molar-refractivity contribution in [2.45, 2.75) is 63.3 Å². The Labute approximate surface area is 186 Å². The van der Waals surface area contributed by atoms with E-state index in [9.17, 15) is 13.2 Å². The van der Waals surface area contributed by atoms with E-state index in [-0.39, 0.29) is 36.8 Å². The van der Waals surface area contributed by atoms with Crippen LogP contribution in [0.1, 0.15) is 48.6 Å². The minimum atomic E-state index is -4.46. The van der Waals surface area contributed by atoms with Crippen LogP contribution in [0.15, 0.2) is 18.3 Å². The van der Waals surface area contributed by atoms with E-state index in [1.165, 1.54) is 10.1 Å². The second-order valence-electron chi connectivity index (χ2n) is 7.99. The van der Waals surface area contributed by atoms with Gasteiger partial charge < -0.3 is 10.3 Å². The lowest BCUT2D eigenvalue weighted by Crippen LogP contribution is -2.48. The van der Waals surface area contributed by atoms with E-state index in [2.05, 4.69) is 33.1 Å². The number of pyridine rings is 1. The molecule has 30 heavy (non-hydrogen) atoms. The molecule has 2 aromatic rings. The van der Waals surface area contributed by atoms with Gasteiger partial charge in [0.25, 0.3) is 0 Å². The summed E-state index contributed by atoms with van der Waals surface area (Å²) in [6.07, 6.45) is 1.15. The van der Waals surface area contributed by atoms with Gasteiger partial charge in [0.1, 0.15) is 5.82 Å². The third kappa shape index (κ3) is 4.59. The SMILES string of the molecule is Cc1ccnc([C@]2(CN)CC[C@@H](N3CCn4c(nnc4C(F)(F)F)C3)CC2)c1.Cl.Cl. The zero-order valence-corrected chi connectivity index (χ0v) is 18.4. The predicted molar refractivity (Wildman–Crippen MR) is 112 cm³/mol. The molecular weight excluding hydrogens is 440 g/mol. The molecule has 2 aromatic heterocycles. The molecule has 0 amide bonds. The van der Waals surface area contributed by atoms with Crippen LogP contribution in [0.4, 0.5) is 13.2 Å². The summed E-state index contributed by atoms with van der Waals surface area (Å²) in [5, 5.41) is 7.16. The fourth-order valence-corrected chi connectivity index (χ4v) is 4.61. The van der Waals surface area contributed by atoms with E-state index in [4.69, 9.17) is 5.73 Å². The van der Waals surface area contributed by atoms with Gasteiger partial charge in [-0.3, -0.25) is 9.88 Å². The summed E-state index contributed by atoms with van der Waals surface area (Å²) in [6, 6.07) is 4.43. The van der Waals surface area contributed by atoms with Crippen molar-refractivity contribution >= 4 is 24.8 Å². The molecule has 2 aliphatic rings. The number of aromatic nitrogens is 4. The van der Waals surface area contributed by atoms with Crippen LogP contribution in [-0.2, 0) is 24.7 Å². The molecule has 0 spiro atoms. The monoisotopic (exact) mass is 466 g/mol. The van der Waals surface area contributed by atoms with Crippen LogP contribution in [0.25, 0.3) is 0 Å². The zero-order valence-electron chi connectivity index (χ0n) is 16.7. The lowest BCUT2D eigenvalue weighted by Gasteiger charge is -2.43. The van der Waals surface area contributed by atoms with Crippen molar-refractivity contribution in [3.8, 4) is 0 Å². The summed E-state index contributed by atoms with van der Waals surface area (Å²) >= 11 is 0. The predicted octanol–water partition coefficient (Wildman–Crippen LogP) is 3.50. The molecule has 1 fully saturated rings. The van der Waals surface area contributed by atoms with Gasteiger partial charge in [-0.05, 0) is 50.3 Å². The second kappa shape index (κ2) is 9.38. The van der Waals surface area contributed by atoms with Crippen molar-refractivity contribution in [1.82, 2.24) is 24.6 Å². The number of hydrogen-bond acceptors (Lipinski definition) is 5. The summed E-state index contributed by atoms with van der Waals surface area (Å²) in [6.45, 7) is 3.87. The highest BCUT2D eigenvalue weighted by molar-refractivity contribution is 5.85. The van der Waals surface area contributed by atoms with E-state index in [0.29, 0.717) is 31.5 Å². The first kappa shape index (κ1) is 24.8. The molecule has 2 N–H and O–H groups in total. The number of nitrogens with two attached hydrogens (primary N) is 1. The highest BCUT2D eigenvalue weighted by Crippen LogP contribution is 2.40. The van der Waals surface area contributed by atoms with Gasteiger partial charge in [-0.15, -0.1) is 35.0 Å². The first-order valence-corrected chi connectivity index (χ1v) is 9.69. The van der Waals surface area contributed by atoms with Gasteiger partial charge in [0, 0.05) is 43.0 Å². The molecule has 0 saturated heterocycles. The Morgan fingerprint density at radius 1 is 1.17 bits per heavy atom. The minimum Gasteiger partial charge on any atom is -0.330 e. The molecule has 1 aliphatic carbocycles. The van der Waals surface area contributed by atoms with Crippen LogP contribution < -0.4 is 5.73 Å². The van der Waals surface area contributed by atoms with Crippen molar-refractivity contribution in [2.75, 3.05) is 13.1 Å². The van der Waals surface area contributed by atoms with Crippen molar-refractivity contribution in [3.05, 3.63) is 41.2 Å². The lowest BCUT2D eigenvalue weighted by atomic mass is 9.69. The van der Waals surface area contributed by atoms with Gasteiger partial charge in [0.15, 0.2) is 0 Å². The number of fused-ring (bicyclic) bond motifs is 1. The summed E-state index contributed by atoms with van der Waals surface area (Å²) < 4.78 is 40.3. The van der Waals surface area contributed by atoms with Crippen LogP contribution in [0.5, 0.6) is 0 Å². The molecule has 6 nitrogen and oxygen atoms in total. The molecule has 0 radical (unpaired) electrons. The lowest BCUT2D eigenvalue weighted by molar-refractivity contribution is -0.148. The number of aryl methyl sites for hydroxylation is 1. The summed E-state index contributed by atoms with van der Waals surface area (Å²) in [5.41, 5.74) is 8.29. The Morgan fingerprint density at radius 2 is 1.87 bits per heavy atom. The molecule has 1 saturated carbocycles. The maximum atomic E-state index is 13.0. The molecule has 3 heterocycles. The molecule has 168 valence electrons. The topological polar surface area (TPSA) is 72.9 Å². The molecule has 0 unspecified atom stereocenters. The Kier molecular flexibility index (Phi) is 7.77. The Morgan fingerprint density at radius 3 is 2.47 bits per heavy atom. The zero-order chi connectivity index (χ0) is 19.9. The van der Waals surface area contributed by atoms with E-state index in [1.54, 1.807) is 0 Å². The number of hydrogen-bond donors (Lipinski definition) is 1. The van der Waals surface area contributed by atoms with Gasteiger partial charge >= 0.3 is 6.18 Å². The van der Waals surface area contributed by atoms with Crippen LogP contribution in [-0.4, -0.2) is 43.8 Å². The minimum absolute atomic E-state index is 0. The first-order chi connectivity index (χ1) is 13.3. The van der Waals surface area contributed by atoms with Gasteiger partial charge in [-0.25, -0.2) is 0 Å². The Hall–Kier alpha value is -1.42. The van der Waals surface area contributed by atoms with Gasteiger partial charge in [0.05, 0.1) is 6.54 Å². The van der Waals surface area contributed by atoms with Crippen molar-refractivity contribution in [1.29, 1.82) is 0 Å². The fraction of sp³-hybridized carbons (Fsp3) is 0.632. The molecule has 0 atom stereocenters. The van der Waals surface area contributed by atoms with Crippen molar-refractivity contribution < 1.29 is 13.2 Å². The third-order valence-electron chi connectivity index (χ3n) is 6.31. The van der Waals surface area contributed by atoms with Crippen LogP contribution >= 0.6 is 24.8 Å². The summed E-state index contributed by atoms with van der Waals surface area (Å²) in [7, 11) is 0. The van der Waals surface area contributed by atoms with Crippen LogP contribution in [0.3, 0.4) is 0 Å². The molecule has 11 heteroatoms. The van der Waals surface area contributed by atoms with E-state index >= 15 is 0 Å². The quantitative estimate of drug-likeness (QED) is 0.749. The van der Waals surface area contributed by atoms with Crippen molar-refractivity contribution in [2.24, 2.45) is 5.73 Å². The van der Waals surface area contributed by atoms with Gasteiger partial charge in [-0.2, -0.15) is 13.2 Å². The number of rotatable bonds is 3. The van der Waals surface area contributed by atoms with Crippen molar-refractivity contribution in [3.63, 3.8) is 0 Å². The largest absolute Gasteiger partial charge is 0.451 e. The number of nitrogens with zero attached hydrogens (tertiary/aromatic N) is 5. The van der Waals surface area contributed by atoms with E-state index in [0.717, 1.165) is 31.4 Å². The Bertz CT molecular complexity index is 849. The maximum Gasteiger partial charge on any atom is 0.451 e. The second-order valence-corrected chi connectivity index (χ2v) is 7.99. The van der Waals surface area contributed by atoms with E-state index in [1.807, 2.05) is 12.3 Å². The first-order valence-electron chi connectivity index (χ1n) is 9.69. The Balaban J connectivity index is 0.00000160. The average molecular weight is 467 g/mol. The number of halogens is 5. The third-order valence-corrected chi connectivity index (χ3v) is 6.31. The van der Waals surface area contributed by atoms with E-state index < -0.39 is 12.0 Å². The van der Waals surface area contributed by atoms with Gasteiger partial charge in [-0.1, -0.05) is 0 Å². The molecular formula is C19H27Cl2F3N6. The highest BCUT2D eigenvalue weighted by atomic mass is 35.5. The summed E-state index contributed by atoms with van der Waals surface area (Å²) in [5.74, 6) is -0.493. The highest BCUT2D eigenvalue weighted by Gasteiger charge is 2.42. The standard InChI is InChI=1S/C19H25F3N6.2ClH/c1-13-4-7-24-15(10-13)18(12-23)5-2-14(3-6-18)27-8-9-28-16(11-27)25-26-17(28)19(20,21)22;;/h4,7,10,14H,2-3,5-6,8-9,11-12,23H2,1H3;2*1H/t14-,18-;;. The summed E-state index contributed by atoms with van der Waals surface area (Å²) in [4.78, 5) is 6.82.